The summed E-state index contributed by atoms with van der Waals surface area (Å²) in [6.07, 6.45) is 2.17. The van der Waals surface area contributed by atoms with Crippen molar-refractivity contribution < 1.29 is 13.9 Å². The van der Waals surface area contributed by atoms with Gasteiger partial charge in [-0.1, -0.05) is 6.07 Å². The maximum absolute atomic E-state index is 5.98. The fraction of sp³-hybridized carbons (Fsp3) is 0.400. The molecule has 1 aliphatic heterocycles. The first-order chi connectivity index (χ1) is 13.2. The highest BCUT2D eigenvalue weighted by Gasteiger charge is 2.34. The minimum Gasteiger partial charge on any atom is -0.497 e. The van der Waals surface area contributed by atoms with Gasteiger partial charge in [0.1, 0.15) is 11.5 Å². The van der Waals surface area contributed by atoms with Crippen LogP contribution >= 0.6 is 11.3 Å². The Morgan fingerprint density at radius 3 is 2.85 bits per heavy atom. The Bertz CT molecular complexity index is 894. The minimum absolute atomic E-state index is 0.0228. The highest BCUT2D eigenvalue weighted by molar-refractivity contribution is 7.13. The van der Waals surface area contributed by atoms with E-state index in [1.165, 1.54) is 0 Å². The zero-order valence-corrected chi connectivity index (χ0v) is 16.5. The fourth-order valence-electron chi connectivity index (χ4n) is 3.73. The average Bonchev–Trinajstić information content (AvgIpc) is 3.47. The number of ether oxygens (including phenoxy) is 2. The molecular formula is C20H23N3O3S. The second-order valence-corrected chi connectivity index (χ2v) is 7.55. The van der Waals surface area contributed by atoms with E-state index in [2.05, 4.69) is 28.1 Å². The summed E-state index contributed by atoms with van der Waals surface area (Å²) >= 11 is 1.60. The van der Waals surface area contributed by atoms with Crippen molar-refractivity contribution >= 4 is 11.3 Å². The lowest BCUT2D eigenvalue weighted by molar-refractivity contribution is 0.166. The largest absolute Gasteiger partial charge is 0.497 e. The summed E-state index contributed by atoms with van der Waals surface area (Å²) in [4.78, 5) is 3.40. The van der Waals surface area contributed by atoms with E-state index < -0.39 is 0 Å². The molecule has 0 aliphatic carbocycles. The highest BCUT2D eigenvalue weighted by Crippen LogP contribution is 2.43. The molecule has 3 aromatic rings. The van der Waals surface area contributed by atoms with E-state index in [0.717, 1.165) is 41.3 Å². The summed E-state index contributed by atoms with van der Waals surface area (Å²) in [6, 6.07) is 10.2. The van der Waals surface area contributed by atoms with Gasteiger partial charge in [0, 0.05) is 11.6 Å². The van der Waals surface area contributed by atoms with Crippen molar-refractivity contribution in [3.63, 3.8) is 0 Å². The Hall–Kier alpha value is -2.38. The van der Waals surface area contributed by atoms with Crippen molar-refractivity contribution in [2.75, 3.05) is 20.8 Å². The zero-order valence-electron chi connectivity index (χ0n) is 15.7. The highest BCUT2D eigenvalue weighted by atomic mass is 32.1. The van der Waals surface area contributed by atoms with Gasteiger partial charge < -0.3 is 13.9 Å². The Balaban J connectivity index is 1.62. The molecular weight excluding hydrogens is 362 g/mol. The van der Waals surface area contributed by atoms with Crippen LogP contribution in [0.1, 0.15) is 43.3 Å². The molecule has 2 atom stereocenters. The number of likely N-dealkylation sites (tertiary alicyclic amines) is 1. The van der Waals surface area contributed by atoms with E-state index in [0.29, 0.717) is 11.8 Å². The maximum Gasteiger partial charge on any atom is 0.257 e. The topological polar surface area (TPSA) is 60.6 Å². The lowest BCUT2D eigenvalue weighted by Crippen LogP contribution is -2.27. The molecule has 1 fully saturated rings. The summed E-state index contributed by atoms with van der Waals surface area (Å²) in [5, 5.41) is 10.6. The summed E-state index contributed by atoms with van der Waals surface area (Å²) in [7, 11) is 3.39. The molecule has 0 spiro atoms. The number of nitrogens with zero attached hydrogens (tertiary/aromatic N) is 3. The molecule has 27 heavy (non-hydrogen) atoms. The van der Waals surface area contributed by atoms with E-state index in [1.54, 1.807) is 25.6 Å². The van der Waals surface area contributed by atoms with E-state index in [9.17, 15) is 0 Å². The molecule has 1 aliphatic rings. The normalized spacial score (nSPS) is 18.6. The van der Waals surface area contributed by atoms with Crippen LogP contribution in [0.2, 0.25) is 0 Å². The molecule has 3 heterocycles. The predicted octanol–water partition coefficient (Wildman–Crippen LogP) is 4.71. The molecule has 2 aromatic heterocycles. The summed E-state index contributed by atoms with van der Waals surface area (Å²) in [6.45, 7) is 3.10. The maximum atomic E-state index is 5.98. The van der Waals surface area contributed by atoms with Crippen LogP contribution in [-0.4, -0.2) is 35.9 Å². The molecule has 0 amide bonds. The smallest absolute Gasteiger partial charge is 0.257 e. The van der Waals surface area contributed by atoms with Crippen molar-refractivity contribution in [2.45, 2.75) is 31.8 Å². The standard InChI is InChI=1S/C20H23N3O3S/c1-13(19-21-22-20(26-19)18-7-5-11-27-18)23-10-4-6-16(23)15-12-14(24-2)8-9-17(15)25-3/h5,7-9,11-13,16H,4,6,10H2,1-3H3/t13-,16+/m0/s1. The Labute approximate surface area is 162 Å². The van der Waals surface area contributed by atoms with Gasteiger partial charge in [0.15, 0.2) is 0 Å². The second-order valence-electron chi connectivity index (χ2n) is 6.60. The molecule has 1 aromatic carbocycles. The molecule has 0 unspecified atom stereocenters. The van der Waals surface area contributed by atoms with Crippen molar-refractivity contribution in [1.29, 1.82) is 0 Å². The molecule has 0 radical (unpaired) electrons. The van der Waals surface area contributed by atoms with Crippen LogP contribution in [0.25, 0.3) is 10.8 Å². The number of aromatic nitrogens is 2. The van der Waals surface area contributed by atoms with Gasteiger partial charge in [-0.15, -0.1) is 21.5 Å². The quantitative estimate of drug-likeness (QED) is 0.612. The van der Waals surface area contributed by atoms with E-state index >= 15 is 0 Å². The van der Waals surface area contributed by atoms with Gasteiger partial charge in [0.05, 0.1) is 25.1 Å². The first kappa shape index (κ1) is 18.0. The SMILES string of the molecule is COc1ccc(OC)c([C@H]2CCCN2[C@@H](C)c2nnc(-c3cccs3)o2)c1. The van der Waals surface area contributed by atoms with Crippen LogP contribution in [0, 0.1) is 0 Å². The predicted molar refractivity (Wildman–Crippen MR) is 104 cm³/mol. The minimum atomic E-state index is 0.0228. The van der Waals surface area contributed by atoms with Gasteiger partial charge in [0.2, 0.25) is 5.89 Å². The monoisotopic (exact) mass is 385 g/mol. The molecule has 0 N–H and O–H groups in total. The van der Waals surface area contributed by atoms with Crippen LogP contribution in [0.5, 0.6) is 11.5 Å². The lowest BCUT2D eigenvalue weighted by Gasteiger charge is -2.29. The van der Waals surface area contributed by atoms with Gasteiger partial charge in [-0.3, -0.25) is 4.90 Å². The third kappa shape index (κ3) is 3.44. The van der Waals surface area contributed by atoms with Crippen molar-refractivity contribution in [2.24, 2.45) is 0 Å². The molecule has 142 valence electrons. The Kier molecular flexibility index (Phi) is 5.13. The van der Waals surface area contributed by atoms with Gasteiger partial charge >= 0.3 is 0 Å². The number of methoxy groups -OCH3 is 2. The van der Waals surface area contributed by atoms with Crippen LogP contribution in [-0.2, 0) is 0 Å². The average molecular weight is 385 g/mol. The number of thiophene rings is 1. The summed E-state index contributed by atoms with van der Waals surface area (Å²) in [5.74, 6) is 2.95. The van der Waals surface area contributed by atoms with Gasteiger partial charge in [-0.05, 0) is 56.0 Å². The van der Waals surface area contributed by atoms with Crippen LogP contribution in [0.4, 0.5) is 0 Å². The molecule has 7 heteroatoms. The lowest BCUT2D eigenvalue weighted by atomic mass is 10.0. The summed E-state index contributed by atoms with van der Waals surface area (Å²) in [5.41, 5.74) is 1.14. The van der Waals surface area contributed by atoms with E-state index in [4.69, 9.17) is 13.9 Å². The Morgan fingerprint density at radius 2 is 2.11 bits per heavy atom. The fourth-order valence-corrected chi connectivity index (χ4v) is 4.38. The van der Waals surface area contributed by atoms with E-state index in [-0.39, 0.29) is 12.1 Å². The zero-order chi connectivity index (χ0) is 18.8. The third-order valence-corrected chi connectivity index (χ3v) is 5.98. The van der Waals surface area contributed by atoms with Crippen molar-refractivity contribution in [1.82, 2.24) is 15.1 Å². The van der Waals surface area contributed by atoms with Gasteiger partial charge in [-0.25, -0.2) is 0 Å². The third-order valence-electron chi connectivity index (χ3n) is 5.12. The molecule has 1 saturated heterocycles. The van der Waals surface area contributed by atoms with Crippen LogP contribution in [0.15, 0.2) is 40.1 Å². The molecule has 0 saturated carbocycles. The summed E-state index contributed by atoms with van der Waals surface area (Å²) < 4.78 is 17.0. The van der Waals surface area contributed by atoms with Crippen molar-refractivity contribution in [3.05, 3.63) is 47.2 Å². The molecule has 0 bridgehead atoms. The first-order valence-corrected chi connectivity index (χ1v) is 9.94. The molecule has 4 rings (SSSR count). The number of hydrogen-bond acceptors (Lipinski definition) is 7. The number of benzene rings is 1. The van der Waals surface area contributed by atoms with Crippen LogP contribution in [0.3, 0.4) is 0 Å². The number of rotatable bonds is 6. The number of hydrogen-bond donors (Lipinski definition) is 0. The van der Waals surface area contributed by atoms with E-state index in [1.807, 2.05) is 29.6 Å². The van der Waals surface area contributed by atoms with Crippen LogP contribution < -0.4 is 9.47 Å². The Morgan fingerprint density at radius 1 is 1.22 bits per heavy atom. The molecule has 6 nitrogen and oxygen atoms in total. The van der Waals surface area contributed by atoms with Crippen molar-refractivity contribution in [3.8, 4) is 22.3 Å². The van der Waals surface area contributed by atoms with Gasteiger partial charge in [0.25, 0.3) is 5.89 Å². The first-order valence-electron chi connectivity index (χ1n) is 9.06. The second kappa shape index (κ2) is 7.70. The van der Waals surface area contributed by atoms with Gasteiger partial charge in [-0.2, -0.15) is 0 Å².